The Morgan fingerprint density at radius 1 is 1.27 bits per heavy atom. The zero-order valence-electron chi connectivity index (χ0n) is 16.5. The van der Waals surface area contributed by atoms with Crippen LogP contribution in [0.25, 0.3) is 0 Å². The molecule has 7 nitrogen and oxygen atoms in total. The van der Waals surface area contributed by atoms with E-state index in [4.69, 9.17) is 10.5 Å². The highest BCUT2D eigenvalue weighted by Gasteiger charge is 2.29. The molecule has 0 radical (unpaired) electrons. The third-order valence-electron chi connectivity index (χ3n) is 3.07. The van der Waals surface area contributed by atoms with E-state index >= 15 is 0 Å². The second-order valence-corrected chi connectivity index (χ2v) is 6.37. The molecule has 0 aromatic heterocycles. The van der Waals surface area contributed by atoms with Crippen LogP contribution in [-0.4, -0.2) is 39.9 Å². The number of phenols is 1. The molecule has 1 heterocycles. The lowest BCUT2D eigenvalue weighted by molar-refractivity contribution is -0.154. The van der Waals surface area contributed by atoms with Gasteiger partial charge >= 0.3 is 5.97 Å². The highest BCUT2D eigenvalue weighted by molar-refractivity contribution is 6.00. The van der Waals surface area contributed by atoms with E-state index in [2.05, 4.69) is 0 Å². The lowest BCUT2D eigenvalue weighted by atomic mass is 10.1. The molecule has 0 atom stereocenters. The van der Waals surface area contributed by atoms with Gasteiger partial charge in [0.15, 0.2) is 0 Å². The quantitative estimate of drug-likeness (QED) is 0.799. The minimum atomic E-state index is -0.560. The predicted molar refractivity (Wildman–Crippen MR) is 99.5 cm³/mol. The number of esters is 1. The first-order valence-corrected chi connectivity index (χ1v) is 8.65. The van der Waals surface area contributed by atoms with Crippen LogP contribution in [0.5, 0.6) is 5.75 Å². The number of hydrogen-bond acceptors (Lipinski definition) is 5. The summed E-state index contributed by atoms with van der Waals surface area (Å²) in [5.41, 5.74) is 5.69. The van der Waals surface area contributed by atoms with Crippen molar-refractivity contribution in [3.8, 4) is 5.75 Å². The van der Waals surface area contributed by atoms with Crippen molar-refractivity contribution >= 4 is 17.8 Å². The standard InChI is InChI=1S/C10H10N2O3.C7H14O2.C2H6/c11-9(14)5-12-4-7-6(10(12)15)2-1-3-8(7)13;1-5-6(8)9-7(2,3)4;1-2/h1-3,13H,4-5H2,(H2,11,14);5H2,1-4H3;1-2H3. The number of primary amides is 1. The maximum Gasteiger partial charge on any atom is 0.306 e. The number of ether oxygens (including phenoxy) is 1. The van der Waals surface area contributed by atoms with E-state index in [0.29, 0.717) is 17.5 Å². The van der Waals surface area contributed by atoms with Crippen LogP contribution >= 0.6 is 0 Å². The molecule has 0 saturated carbocycles. The highest BCUT2D eigenvalue weighted by Crippen LogP contribution is 2.29. The van der Waals surface area contributed by atoms with Gasteiger partial charge in [0.05, 0.1) is 13.1 Å². The number of fused-ring (bicyclic) bond motifs is 1. The zero-order valence-corrected chi connectivity index (χ0v) is 16.5. The lowest BCUT2D eigenvalue weighted by Crippen LogP contribution is -2.33. The van der Waals surface area contributed by atoms with E-state index in [9.17, 15) is 19.5 Å². The van der Waals surface area contributed by atoms with Gasteiger partial charge in [0.1, 0.15) is 11.4 Å². The molecule has 2 rings (SSSR count). The number of carbonyl (C=O) groups excluding carboxylic acids is 3. The van der Waals surface area contributed by atoms with Gasteiger partial charge in [0, 0.05) is 17.5 Å². The highest BCUT2D eigenvalue weighted by atomic mass is 16.6. The van der Waals surface area contributed by atoms with Crippen molar-refractivity contribution in [3.05, 3.63) is 29.3 Å². The average Bonchev–Trinajstić information content (AvgIpc) is 2.86. The summed E-state index contributed by atoms with van der Waals surface area (Å²) in [5.74, 6) is -0.884. The van der Waals surface area contributed by atoms with Crippen LogP contribution < -0.4 is 5.73 Å². The van der Waals surface area contributed by atoms with Crippen molar-refractivity contribution in [2.45, 2.75) is 60.1 Å². The molecular weight excluding hydrogens is 336 g/mol. The molecule has 0 spiro atoms. The SMILES string of the molecule is CC.CCC(=O)OC(C)(C)C.NC(=O)CN1Cc2c(O)cccc2C1=O. The Kier molecular flexibility index (Phi) is 9.40. The van der Waals surface area contributed by atoms with Gasteiger partial charge < -0.3 is 20.5 Å². The van der Waals surface area contributed by atoms with Gasteiger partial charge in [-0.1, -0.05) is 26.8 Å². The molecule has 7 heteroatoms. The summed E-state index contributed by atoms with van der Waals surface area (Å²) in [7, 11) is 0. The molecule has 0 fully saturated rings. The van der Waals surface area contributed by atoms with Crippen LogP contribution in [0.4, 0.5) is 0 Å². The topological polar surface area (TPSA) is 110 Å². The molecule has 1 aliphatic rings. The van der Waals surface area contributed by atoms with E-state index in [-0.39, 0.29) is 36.3 Å². The molecule has 1 aromatic rings. The number of hydrogen-bond donors (Lipinski definition) is 2. The Labute approximate surface area is 155 Å². The molecule has 0 unspecified atom stereocenters. The van der Waals surface area contributed by atoms with Crippen LogP contribution in [-0.2, 0) is 20.9 Å². The van der Waals surface area contributed by atoms with Gasteiger partial charge in [-0.05, 0) is 32.9 Å². The third-order valence-corrected chi connectivity index (χ3v) is 3.07. The van der Waals surface area contributed by atoms with Crippen LogP contribution in [0.3, 0.4) is 0 Å². The monoisotopic (exact) mass is 366 g/mol. The zero-order chi connectivity index (χ0) is 20.5. The lowest BCUT2D eigenvalue weighted by Gasteiger charge is -2.18. The fourth-order valence-electron chi connectivity index (χ4n) is 2.10. The minimum absolute atomic E-state index is 0.0767. The van der Waals surface area contributed by atoms with Gasteiger partial charge in [-0.15, -0.1) is 0 Å². The first kappa shape index (κ1) is 23.4. The Balaban J connectivity index is 0.000000492. The third kappa shape index (κ3) is 7.55. The molecule has 3 N–H and O–H groups in total. The maximum absolute atomic E-state index is 11.7. The van der Waals surface area contributed by atoms with Gasteiger partial charge in [0.25, 0.3) is 5.91 Å². The van der Waals surface area contributed by atoms with E-state index in [1.165, 1.54) is 11.0 Å². The molecule has 1 aliphatic heterocycles. The first-order valence-electron chi connectivity index (χ1n) is 8.65. The smallest absolute Gasteiger partial charge is 0.306 e. The van der Waals surface area contributed by atoms with E-state index in [0.717, 1.165) is 0 Å². The van der Waals surface area contributed by atoms with Crippen LogP contribution in [0.2, 0.25) is 0 Å². The first-order chi connectivity index (χ1) is 12.0. The summed E-state index contributed by atoms with van der Waals surface area (Å²) in [6, 6.07) is 4.73. The van der Waals surface area contributed by atoms with Crippen molar-refractivity contribution in [2.75, 3.05) is 6.54 Å². The summed E-state index contributed by atoms with van der Waals surface area (Å²) in [6.45, 7) is 11.5. The van der Waals surface area contributed by atoms with E-state index in [1.807, 2.05) is 34.6 Å². The molecule has 146 valence electrons. The minimum Gasteiger partial charge on any atom is -0.508 e. The van der Waals surface area contributed by atoms with Crippen molar-refractivity contribution in [1.82, 2.24) is 4.90 Å². The molecular formula is C19H30N2O5. The van der Waals surface area contributed by atoms with Crippen molar-refractivity contribution in [1.29, 1.82) is 0 Å². The molecule has 2 amide bonds. The number of benzene rings is 1. The number of carbonyl (C=O) groups is 3. The molecule has 0 aliphatic carbocycles. The number of nitrogens with two attached hydrogens (primary N) is 1. The summed E-state index contributed by atoms with van der Waals surface area (Å²) in [5, 5.41) is 9.51. The number of aromatic hydroxyl groups is 1. The predicted octanol–water partition coefficient (Wildman–Crippen LogP) is 2.60. The Morgan fingerprint density at radius 2 is 1.85 bits per heavy atom. The van der Waals surface area contributed by atoms with Gasteiger partial charge in [-0.2, -0.15) is 0 Å². The van der Waals surface area contributed by atoms with Gasteiger partial charge in [-0.3, -0.25) is 14.4 Å². The number of phenolic OH excluding ortho intramolecular Hbond substituents is 1. The average molecular weight is 366 g/mol. The molecule has 0 bridgehead atoms. The summed E-state index contributed by atoms with van der Waals surface area (Å²) < 4.78 is 4.95. The number of nitrogens with zero attached hydrogens (tertiary/aromatic N) is 1. The summed E-state index contributed by atoms with van der Waals surface area (Å²) in [4.78, 5) is 34.3. The van der Waals surface area contributed by atoms with Crippen LogP contribution in [0.15, 0.2) is 18.2 Å². The van der Waals surface area contributed by atoms with Crippen LogP contribution in [0.1, 0.15) is 63.9 Å². The summed E-state index contributed by atoms with van der Waals surface area (Å²) >= 11 is 0. The second kappa shape index (κ2) is 10.4. The van der Waals surface area contributed by atoms with E-state index < -0.39 is 5.91 Å². The molecule has 0 saturated heterocycles. The van der Waals surface area contributed by atoms with Crippen molar-refractivity contribution in [2.24, 2.45) is 5.73 Å². The van der Waals surface area contributed by atoms with Gasteiger partial charge in [-0.25, -0.2) is 0 Å². The normalized spacial score (nSPS) is 12.2. The molecule has 1 aromatic carbocycles. The Hall–Kier alpha value is -2.57. The summed E-state index contributed by atoms with van der Waals surface area (Å²) in [6.07, 6.45) is 0.456. The van der Waals surface area contributed by atoms with Crippen LogP contribution in [0, 0.1) is 0 Å². The number of rotatable bonds is 3. The Morgan fingerprint density at radius 3 is 2.23 bits per heavy atom. The van der Waals surface area contributed by atoms with Crippen molar-refractivity contribution < 1.29 is 24.2 Å². The van der Waals surface area contributed by atoms with Gasteiger partial charge in [0.2, 0.25) is 5.91 Å². The Bertz CT molecular complexity index is 635. The largest absolute Gasteiger partial charge is 0.508 e. The van der Waals surface area contributed by atoms with Crippen molar-refractivity contribution in [3.63, 3.8) is 0 Å². The maximum atomic E-state index is 11.7. The fourth-order valence-corrected chi connectivity index (χ4v) is 2.10. The molecule has 26 heavy (non-hydrogen) atoms. The fraction of sp³-hybridized carbons (Fsp3) is 0.526. The second-order valence-electron chi connectivity index (χ2n) is 6.37. The number of amides is 2. The van der Waals surface area contributed by atoms with E-state index in [1.54, 1.807) is 19.1 Å².